The van der Waals surface area contributed by atoms with Crippen LogP contribution >= 0.6 is 0 Å². The van der Waals surface area contributed by atoms with E-state index >= 15 is 0 Å². The van der Waals surface area contributed by atoms with Gasteiger partial charge in [0.15, 0.2) is 0 Å². The molecular formula is C14H20O2. The first-order valence-corrected chi connectivity index (χ1v) is 6.13. The predicted octanol–water partition coefficient (Wildman–Crippen LogP) is 2.55. The molecule has 0 aliphatic carbocycles. The monoisotopic (exact) mass is 220 g/mol. The quantitative estimate of drug-likeness (QED) is 0.845. The summed E-state index contributed by atoms with van der Waals surface area (Å²) < 4.78 is 5.34. The van der Waals surface area contributed by atoms with Gasteiger partial charge < -0.3 is 9.84 Å². The van der Waals surface area contributed by atoms with Crippen LogP contribution in [0, 0.1) is 0 Å². The second kappa shape index (κ2) is 5.46. The fourth-order valence-corrected chi connectivity index (χ4v) is 2.30. The zero-order chi connectivity index (χ0) is 11.3. The van der Waals surface area contributed by atoms with Crippen molar-refractivity contribution in [2.75, 3.05) is 13.2 Å². The Morgan fingerprint density at radius 3 is 2.75 bits per heavy atom. The van der Waals surface area contributed by atoms with Gasteiger partial charge in [0, 0.05) is 6.61 Å². The summed E-state index contributed by atoms with van der Waals surface area (Å²) in [7, 11) is 0. The van der Waals surface area contributed by atoms with E-state index in [9.17, 15) is 5.11 Å². The van der Waals surface area contributed by atoms with Crippen molar-refractivity contribution < 1.29 is 9.84 Å². The molecule has 1 aromatic carbocycles. The Hall–Kier alpha value is -0.860. The maximum atomic E-state index is 10.2. The molecule has 16 heavy (non-hydrogen) atoms. The smallest absolute Gasteiger partial charge is 0.0881 e. The first-order valence-electron chi connectivity index (χ1n) is 6.13. The number of benzene rings is 1. The molecule has 0 radical (unpaired) electrons. The second-order valence-electron chi connectivity index (χ2n) is 4.72. The number of hydrogen-bond acceptors (Lipinski definition) is 2. The fourth-order valence-electron chi connectivity index (χ4n) is 2.30. The molecule has 0 amide bonds. The predicted molar refractivity (Wildman–Crippen MR) is 64.4 cm³/mol. The standard InChI is InChI=1S/C14H20O2/c15-14(10-5-11-16-12-14)9-4-8-13-6-2-1-3-7-13/h1-3,6-7,15H,4-5,8-12H2. The number of rotatable bonds is 4. The van der Waals surface area contributed by atoms with Gasteiger partial charge in [-0.15, -0.1) is 0 Å². The molecule has 0 saturated carbocycles. The van der Waals surface area contributed by atoms with E-state index in [0.29, 0.717) is 6.61 Å². The largest absolute Gasteiger partial charge is 0.387 e. The molecule has 88 valence electrons. The minimum absolute atomic E-state index is 0.516. The van der Waals surface area contributed by atoms with Crippen molar-refractivity contribution in [2.45, 2.75) is 37.7 Å². The molecule has 0 aromatic heterocycles. The summed E-state index contributed by atoms with van der Waals surface area (Å²) in [5, 5.41) is 10.2. The van der Waals surface area contributed by atoms with E-state index in [1.165, 1.54) is 5.56 Å². The Morgan fingerprint density at radius 1 is 1.25 bits per heavy atom. The van der Waals surface area contributed by atoms with Crippen molar-refractivity contribution in [2.24, 2.45) is 0 Å². The Balaban J connectivity index is 1.75. The zero-order valence-corrected chi connectivity index (χ0v) is 9.69. The average molecular weight is 220 g/mol. The molecule has 1 saturated heterocycles. The SMILES string of the molecule is OC1(CCCc2ccccc2)CCCOC1. The Labute approximate surface area is 97.3 Å². The van der Waals surface area contributed by atoms with E-state index in [1.54, 1.807) is 0 Å². The van der Waals surface area contributed by atoms with Crippen LogP contribution in [-0.2, 0) is 11.2 Å². The third-order valence-corrected chi connectivity index (χ3v) is 3.25. The zero-order valence-electron chi connectivity index (χ0n) is 9.69. The van der Waals surface area contributed by atoms with E-state index in [0.717, 1.165) is 38.7 Å². The Morgan fingerprint density at radius 2 is 2.06 bits per heavy atom. The number of aliphatic hydroxyl groups is 1. The van der Waals surface area contributed by atoms with Crippen LogP contribution in [0.5, 0.6) is 0 Å². The van der Waals surface area contributed by atoms with Crippen LogP contribution in [0.1, 0.15) is 31.2 Å². The molecule has 1 unspecified atom stereocenters. The van der Waals surface area contributed by atoms with Crippen molar-refractivity contribution >= 4 is 0 Å². The number of aryl methyl sites for hydroxylation is 1. The van der Waals surface area contributed by atoms with Crippen LogP contribution in [0.2, 0.25) is 0 Å². The molecule has 1 fully saturated rings. The summed E-state index contributed by atoms with van der Waals surface area (Å²) in [6, 6.07) is 10.4. The fraction of sp³-hybridized carbons (Fsp3) is 0.571. The first-order chi connectivity index (χ1) is 7.79. The normalized spacial score (nSPS) is 25.6. The molecule has 1 atom stereocenters. The topological polar surface area (TPSA) is 29.5 Å². The van der Waals surface area contributed by atoms with Gasteiger partial charge in [-0.1, -0.05) is 30.3 Å². The molecule has 0 bridgehead atoms. The molecular weight excluding hydrogens is 200 g/mol. The summed E-state index contributed by atoms with van der Waals surface area (Å²) >= 11 is 0. The Kier molecular flexibility index (Phi) is 3.97. The van der Waals surface area contributed by atoms with E-state index in [4.69, 9.17) is 4.74 Å². The van der Waals surface area contributed by atoms with Crippen molar-refractivity contribution in [3.05, 3.63) is 35.9 Å². The highest BCUT2D eigenvalue weighted by molar-refractivity contribution is 5.14. The summed E-state index contributed by atoms with van der Waals surface area (Å²) in [5.41, 5.74) is 0.787. The molecule has 1 N–H and O–H groups in total. The van der Waals surface area contributed by atoms with Gasteiger partial charge in [-0.25, -0.2) is 0 Å². The molecule has 2 heteroatoms. The molecule has 1 aliphatic rings. The molecule has 0 spiro atoms. The lowest BCUT2D eigenvalue weighted by Crippen LogP contribution is -2.38. The van der Waals surface area contributed by atoms with Crippen molar-refractivity contribution in [1.82, 2.24) is 0 Å². The van der Waals surface area contributed by atoms with Crippen LogP contribution in [0.4, 0.5) is 0 Å². The third-order valence-electron chi connectivity index (χ3n) is 3.25. The van der Waals surface area contributed by atoms with Crippen LogP contribution < -0.4 is 0 Å². The van der Waals surface area contributed by atoms with Crippen molar-refractivity contribution in [3.8, 4) is 0 Å². The highest BCUT2D eigenvalue weighted by Crippen LogP contribution is 2.24. The van der Waals surface area contributed by atoms with Crippen molar-refractivity contribution in [3.63, 3.8) is 0 Å². The van der Waals surface area contributed by atoms with E-state index in [2.05, 4.69) is 24.3 Å². The number of ether oxygens (including phenoxy) is 1. The van der Waals surface area contributed by atoms with Crippen LogP contribution in [-0.4, -0.2) is 23.9 Å². The maximum Gasteiger partial charge on any atom is 0.0881 e. The van der Waals surface area contributed by atoms with Gasteiger partial charge in [0.25, 0.3) is 0 Å². The minimum Gasteiger partial charge on any atom is -0.387 e. The highest BCUT2D eigenvalue weighted by atomic mass is 16.5. The molecule has 2 nitrogen and oxygen atoms in total. The van der Waals surface area contributed by atoms with E-state index in [1.807, 2.05) is 6.07 Å². The van der Waals surface area contributed by atoms with Crippen LogP contribution in [0.3, 0.4) is 0 Å². The lowest BCUT2D eigenvalue weighted by molar-refractivity contribution is -0.0903. The molecule has 1 heterocycles. The molecule has 2 rings (SSSR count). The minimum atomic E-state index is -0.562. The molecule has 1 aromatic rings. The number of hydrogen-bond donors (Lipinski definition) is 1. The summed E-state index contributed by atoms with van der Waals surface area (Å²) in [6.07, 6.45) is 4.80. The van der Waals surface area contributed by atoms with Gasteiger partial charge >= 0.3 is 0 Å². The molecule has 1 aliphatic heterocycles. The van der Waals surface area contributed by atoms with Gasteiger partial charge in [-0.05, 0) is 37.7 Å². The lowest BCUT2D eigenvalue weighted by Gasteiger charge is -2.31. The van der Waals surface area contributed by atoms with E-state index in [-0.39, 0.29) is 0 Å². The van der Waals surface area contributed by atoms with Gasteiger partial charge in [-0.3, -0.25) is 0 Å². The van der Waals surface area contributed by atoms with Crippen molar-refractivity contribution in [1.29, 1.82) is 0 Å². The van der Waals surface area contributed by atoms with E-state index < -0.39 is 5.60 Å². The second-order valence-corrected chi connectivity index (χ2v) is 4.72. The van der Waals surface area contributed by atoms with Crippen LogP contribution in [0.15, 0.2) is 30.3 Å². The maximum absolute atomic E-state index is 10.2. The van der Waals surface area contributed by atoms with Gasteiger partial charge in [0.1, 0.15) is 0 Å². The third kappa shape index (κ3) is 3.32. The van der Waals surface area contributed by atoms with Gasteiger partial charge in [0.05, 0.1) is 12.2 Å². The summed E-state index contributed by atoms with van der Waals surface area (Å²) in [5.74, 6) is 0. The highest BCUT2D eigenvalue weighted by Gasteiger charge is 2.29. The first kappa shape index (κ1) is 11.6. The van der Waals surface area contributed by atoms with Gasteiger partial charge in [0.2, 0.25) is 0 Å². The summed E-state index contributed by atoms with van der Waals surface area (Å²) in [4.78, 5) is 0. The lowest BCUT2D eigenvalue weighted by atomic mass is 9.90. The average Bonchev–Trinajstić information content (AvgIpc) is 2.31. The Bertz CT molecular complexity index is 302. The van der Waals surface area contributed by atoms with Gasteiger partial charge in [-0.2, -0.15) is 0 Å². The summed E-state index contributed by atoms with van der Waals surface area (Å²) in [6.45, 7) is 1.32. The van der Waals surface area contributed by atoms with Crippen LogP contribution in [0.25, 0.3) is 0 Å².